The summed E-state index contributed by atoms with van der Waals surface area (Å²) in [6.45, 7) is 9.09. The van der Waals surface area contributed by atoms with Crippen LogP contribution in [0.2, 0.25) is 0 Å². The molecule has 2 rings (SSSR count). The van der Waals surface area contributed by atoms with Crippen molar-refractivity contribution in [3.63, 3.8) is 0 Å². The van der Waals surface area contributed by atoms with Gasteiger partial charge in [-0.05, 0) is 71.4 Å². The molecule has 0 bridgehead atoms. The molecule has 0 atom stereocenters. The van der Waals surface area contributed by atoms with Gasteiger partial charge in [0.15, 0.2) is 0 Å². The molecule has 1 saturated heterocycles. The normalized spacial score (nSPS) is 31.5. The predicted molar refractivity (Wildman–Crippen MR) is 89.7 cm³/mol. The summed E-state index contributed by atoms with van der Waals surface area (Å²) >= 11 is 0. The Morgan fingerprint density at radius 1 is 1.23 bits per heavy atom. The molecule has 1 saturated carbocycles. The Morgan fingerprint density at radius 2 is 1.77 bits per heavy atom. The third-order valence-electron chi connectivity index (χ3n) is 5.78. The van der Waals surface area contributed by atoms with Crippen molar-refractivity contribution in [1.29, 1.82) is 0 Å². The molecule has 2 aliphatic rings. The largest absolute Gasteiger partial charge is 0.389 e. The highest BCUT2D eigenvalue weighted by Crippen LogP contribution is 2.33. The summed E-state index contributed by atoms with van der Waals surface area (Å²) in [4.78, 5) is 16.6. The van der Waals surface area contributed by atoms with Gasteiger partial charge in [0.25, 0.3) is 0 Å². The first kappa shape index (κ1) is 17.7. The maximum absolute atomic E-state index is 12.4. The zero-order chi connectivity index (χ0) is 16.3. The fraction of sp³-hybridized carbons (Fsp3) is 0.944. The van der Waals surface area contributed by atoms with E-state index in [0.717, 1.165) is 64.1 Å². The van der Waals surface area contributed by atoms with Gasteiger partial charge in [-0.3, -0.25) is 4.79 Å². The van der Waals surface area contributed by atoms with Gasteiger partial charge in [-0.15, -0.1) is 0 Å². The summed E-state index contributed by atoms with van der Waals surface area (Å²) in [6.07, 6.45) is 6.02. The lowest BCUT2D eigenvalue weighted by Crippen LogP contribution is -2.49. The Kier molecular flexibility index (Phi) is 5.89. The minimum Gasteiger partial charge on any atom is -0.389 e. The van der Waals surface area contributed by atoms with Gasteiger partial charge in [-0.2, -0.15) is 0 Å². The highest BCUT2D eigenvalue weighted by molar-refractivity contribution is 5.78. The fourth-order valence-corrected chi connectivity index (χ4v) is 3.75. The van der Waals surface area contributed by atoms with Crippen molar-refractivity contribution in [3.05, 3.63) is 0 Å². The zero-order valence-corrected chi connectivity index (χ0v) is 14.8. The molecule has 4 heteroatoms. The first-order valence-corrected chi connectivity index (χ1v) is 9.02. The van der Waals surface area contributed by atoms with Crippen LogP contribution in [0.15, 0.2) is 0 Å². The van der Waals surface area contributed by atoms with Crippen LogP contribution in [-0.2, 0) is 4.79 Å². The number of β-amino-alcohol motifs (C(OH)–C–C–N with tert-alkyl or cyclic N) is 1. The molecule has 1 N–H and O–H groups in total. The van der Waals surface area contributed by atoms with E-state index in [2.05, 4.69) is 25.7 Å². The second kappa shape index (κ2) is 7.31. The van der Waals surface area contributed by atoms with E-state index in [0.29, 0.717) is 5.91 Å². The lowest BCUT2D eigenvalue weighted by Gasteiger charge is -2.41. The zero-order valence-electron chi connectivity index (χ0n) is 14.8. The van der Waals surface area contributed by atoms with Crippen molar-refractivity contribution in [1.82, 2.24) is 9.80 Å². The van der Waals surface area contributed by atoms with Crippen molar-refractivity contribution < 1.29 is 9.90 Å². The molecule has 0 aromatic heterocycles. The van der Waals surface area contributed by atoms with Crippen LogP contribution in [0.5, 0.6) is 0 Å². The molecule has 1 amide bonds. The van der Waals surface area contributed by atoms with Gasteiger partial charge < -0.3 is 14.9 Å². The molecule has 1 heterocycles. The Morgan fingerprint density at radius 3 is 2.27 bits per heavy atom. The van der Waals surface area contributed by atoms with Gasteiger partial charge in [0, 0.05) is 25.6 Å². The Hall–Kier alpha value is -0.610. The predicted octanol–water partition coefficient (Wildman–Crippen LogP) is 2.51. The molecule has 0 aromatic rings. The van der Waals surface area contributed by atoms with Gasteiger partial charge >= 0.3 is 0 Å². The number of rotatable bonds is 4. The number of carbonyl (C=O) groups is 1. The maximum Gasteiger partial charge on any atom is 0.225 e. The van der Waals surface area contributed by atoms with Crippen molar-refractivity contribution in [2.75, 3.05) is 26.7 Å². The van der Waals surface area contributed by atoms with Gasteiger partial charge in [0.2, 0.25) is 5.91 Å². The Balaban J connectivity index is 1.79. The van der Waals surface area contributed by atoms with Gasteiger partial charge in [0.05, 0.1) is 5.60 Å². The molecule has 0 radical (unpaired) electrons. The number of nitrogens with zero attached hydrogens (tertiary/aromatic N) is 2. The van der Waals surface area contributed by atoms with Crippen LogP contribution >= 0.6 is 0 Å². The third kappa shape index (κ3) is 4.45. The van der Waals surface area contributed by atoms with Crippen LogP contribution in [0.3, 0.4) is 0 Å². The van der Waals surface area contributed by atoms with Gasteiger partial charge in [-0.1, -0.05) is 6.92 Å². The molecule has 4 nitrogen and oxygen atoms in total. The number of carbonyl (C=O) groups excluding carboxylic acids is 1. The molecule has 0 aromatic carbocycles. The van der Waals surface area contributed by atoms with E-state index in [-0.39, 0.29) is 12.0 Å². The first-order chi connectivity index (χ1) is 10.3. The standard InChI is InChI=1S/C18H34N2O2/c1-14(2)19(4)17(21)16-7-11-20(12-8-16)13-18(22)9-5-15(3)6-10-18/h14-16,22H,5-13H2,1-4H3. The number of piperidine rings is 1. The van der Waals surface area contributed by atoms with Crippen molar-refractivity contribution >= 4 is 5.91 Å². The summed E-state index contributed by atoms with van der Waals surface area (Å²) in [6, 6.07) is 0.274. The summed E-state index contributed by atoms with van der Waals surface area (Å²) in [5.41, 5.74) is -0.488. The second-order valence-corrected chi connectivity index (χ2v) is 8.00. The summed E-state index contributed by atoms with van der Waals surface area (Å²) in [5, 5.41) is 10.8. The first-order valence-electron chi connectivity index (χ1n) is 9.02. The monoisotopic (exact) mass is 310 g/mol. The molecule has 0 spiro atoms. The topological polar surface area (TPSA) is 43.8 Å². The number of hydrogen-bond donors (Lipinski definition) is 1. The minimum atomic E-state index is -0.488. The van der Waals surface area contributed by atoms with Crippen LogP contribution in [0.4, 0.5) is 0 Å². The van der Waals surface area contributed by atoms with E-state index >= 15 is 0 Å². The van der Waals surface area contributed by atoms with E-state index in [9.17, 15) is 9.90 Å². The smallest absolute Gasteiger partial charge is 0.225 e. The highest BCUT2D eigenvalue weighted by Gasteiger charge is 2.35. The number of aliphatic hydroxyl groups is 1. The molecule has 128 valence electrons. The SMILES string of the molecule is CC1CCC(O)(CN2CCC(C(=O)N(C)C(C)C)CC2)CC1. The summed E-state index contributed by atoms with van der Waals surface area (Å²) < 4.78 is 0. The van der Waals surface area contributed by atoms with E-state index < -0.39 is 5.60 Å². The Labute approximate surface area is 135 Å². The average molecular weight is 310 g/mol. The van der Waals surface area contributed by atoms with Crippen LogP contribution in [0.25, 0.3) is 0 Å². The molecule has 1 aliphatic heterocycles. The number of hydrogen-bond acceptors (Lipinski definition) is 3. The Bertz CT molecular complexity index is 367. The van der Waals surface area contributed by atoms with E-state index in [4.69, 9.17) is 0 Å². The lowest BCUT2D eigenvalue weighted by molar-refractivity contribution is -0.137. The molecule has 0 unspecified atom stereocenters. The lowest BCUT2D eigenvalue weighted by atomic mass is 9.79. The summed E-state index contributed by atoms with van der Waals surface area (Å²) in [5.74, 6) is 1.22. The fourth-order valence-electron chi connectivity index (χ4n) is 3.75. The van der Waals surface area contributed by atoms with Crippen molar-refractivity contribution in [2.45, 2.75) is 70.9 Å². The summed E-state index contributed by atoms with van der Waals surface area (Å²) in [7, 11) is 1.91. The van der Waals surface area contributed by atoms with Crippen molar-refractivity contribution in [2.24, 2.45) is 11.8 Å². The maximum atomic E-state index is 12.4. The number of amides is 1. The molecular weight excluding hydrogens is 276 g/mol. The van der Waals surface area contributed by atoms with Crippen LogP contribution in [-0.4, -0.2) is 59.1 Å². The third-order valence-corrected chi connectivity index (χ3v) is 5.78. The molecule has 2 fully saturated rings. The molecule has 1 aliphatic carbocycles. The van der Waals surface area contributed by atoms with E-state index in [1.54, 1.807) is 0 Å². The van der Waals surface area contributed by atoms with E-state index in [1.165, 1.54) is 0 Å². The number of likely N-dealkylation sites (tertiary alicyclic amines) is 1. The average Bonchev–Trinajstić information content (AvgIpc) is 2.50. The van der Waals surface area contributed by atoms with E-state index in [1.807, 2.05) is 11.9 Å². The molecular formula is C18H34N2O2. The highest BCUT2D eigenvalue weighted by atomic mass is 16.3. The quantitative estimate of drug-likeness (QED) is 0.867. The van der Waals surface area contributed by atoms with Crippen LogP contribution in [0.1, 0.15) is 59.3 Å². The van der Waals surface area contributed by atoms with Gasteiger partial charge in [-0.25, -0.2) is 0 Å². The van der Waals surface area contributed by atoms with Crippen LogP contribution in [0, 0.1) is 11.8 Å². The molecule has 22 heavy (non-hydrogen) atoms. The van der Waals surface area contributed by atoms with Gasteiger partial charge in [0.1, 0.15) is 0 Å². The minimum absolute atomic E-state index is 0.171. The van der Waals surface area contributed by atoms with Crippen molar-refractivity contribution in [3.8, 4) is 0 Å². The second-order valence-electron chi connectivity index (χ2n) is 8.00. The van der Waals surface area contributed by atoms with Crippen LogP contribution < -0.4 is 0 Å².